The van der Waals surface area contributed by atoms with Gasteiger partial charge in [0.1, 0.15) is 11.0 Å². The molecule has 0 unspecified atom stereocenters. The molecule has 1 aliphatic heterocycles. The molecule has 0 spiro atoms. The quantitative estimate of drug-likeness (QED) is 0.494. The van der Waals surface area contributed by atoms with Gasteiger partial charge in [0.05, 0.1) is 5.75 Å². The number of anilines is 1. The minimum atomic E-state index is -0.00000184. The van der Waals surface area contributed by atoms with Gasteiger partial charge < -0.3 is 10.2 Å². The smallest absolute Gasteiger partial charge is 0.230 e. The molecule has 0 saturated carbocycles. The van der Waals surface area contributed by atoms with E-state index in [9.17, 15) is 4.79 Å². The Balaban J connectivity index is 1.92. The van der Waals surface area contributed by atoms with E-state index in [-0.39, 0.29) is 5.91 Å². The van der Waals surface area contributed by atoms with Crippen molar-refractivity contribution in [2.24, 2.45) is 5.92 Å². The second-order valence-corrected chi connectivity index (χ2v) is 6.84. The summed E-state index contributed by atoms with van der Waals surface area (Å²) in [4.78, 5) is 22.6. The van der Waals surface area contributed by atoms with Gasteiger partial charge in [-0.15, -0.1) is 0 Å². The first-order valence-electron chi connectivity index (χ1n) is 7.23. The summed E-state index contributed by atoms with van der Waals surface area (Å²) in [5, 5.41) is 3.87. The van der Waals surface area contributed by atoms with Crippen molar-refractivity contribution in [3.05, 3.63) is 11.2 Å². The number of rotatable bonds is 6. The van der Waals surface area contributed by atoms with Gasteiger partial charge in [0.25, 0.3) is 0 Å². The van der Waals surface area contributed by atoms with Gasteiger partial charge in [-0.2, -0.15) is 0 Å². The van der Waals surface area contributed by atoms with Crippen LogP contribution in [0.15, 0.2) is 11.2 Å². The molecular weight excluding hydrogens is 308 g/mol. The maximum atomic E-state index is 11.7. The molecule has 0 aliphatic carbocycles. The Morgan fingerprint density at radius 3 is 2.81 bits per heavy atom. The fourth-order valence-corrected chi connectivity index (χ4v) is 2.97. The molecule has 116 valence electrons. The third kappa shape index (κ3) is 5.36. The van der Waals surface area contributed by atoms with Gasteiger partial charge in [-0.25, -0.2) is 9.97 Å². The monoisotopic (exact) mass is 328 g/mol. The lowest BCUT2D eigenvalue weighted by Gasteiger charge is -2.16. The van der Waals surface area contributed by atoms with Crippen LogP contribution in [0.2, 0.25) is 5.15 Å². The standard InChI is InChI=1S/C14H21ClN4OS/c1-10(2)8-16-13(20)9-21-14-17-11(15)7-12(18-14)19-5-3-4-6-19/h7,10H,3-6,8-9H2,1-2H3,(H,16,20). The van der Waals surface area contributed by atoms with Crippen LogP contribution in [0, 0.1) is 5.92 Å². The Kier molecular flexibility index (Phi) is 6.11. The number of amides is 1. The molecule has 2 heterocycles. The van der Waals surface area contributed by atoms with Gasteiger partial charge >= 0.3 is 0 Å². The van der Waals surface area contributed by atoms with Crippen LogP contribution in [0.1, 0.15) is 26.7 Å². The zero-order valence-corrected chi connectivity index (χ0v) is 14.0. The lowest BCUT2D eigenvalue weighted by molar-refractivity contribution is -0.118. The van der Waals surface area contributed by atoms with Gasteiger partial charge in [-0.05, 0) is 18.8 Å². The summed E-state index contributed by atoms with van der Waals surface area (Å²) in [5.41, 5.74) is 0. The minimum absolute atomic E-state index is 0.00000184. The topological polar surface area (TPSA) is 58.1 Å². The third-order valence-corrected chi connectivity index (χ3v) is 4.17. The zero-order chi connectivity index (χ0) is 15.2. The van der Waals surface area contributed by atoms with Gasteiger partial charge in [-0.3, -0.25) is 4.79 Å². The SMILES string of the molecule is CC(C)CNC(=O)CSc1nc(Cl)cc(N2CCCC2)n1. The Hall–Kier alpha value is -1.01. The predicted molar refractivity (Wildman–Crippen MR) is 87.1 cm³/mol. The molecule has 1 saturated heterocycles. The summed E-state index contributed by atoms with van der Waals surface area (Å²) < 4.78 is 0. The van der Waals surface area contributed by atoms with Crippen molar-refractivity contribution < 1.29 is 4.79 Å². The highest BCUT2D eigenvalue weighted by Crippen LogP contribution is 2.24. The maximum Gasteiger partial charge on any atom is 0.230 e. The van der Waals surface area contributed by atoms with Gasteiger partial charge in [0.2, 0.25) is 5.91 Å². The molecule has 7 heteroatoms. The highest BCUT2D eigenvalue weighted by atomic mass is 35.5. The summed E-state index contributed by atoms with van der Waals surface area (Å²) in [5.74, 6) is 1.62. The maximum absolute atomic E-state index is 11.7. The number of carbonyl (C=O) groups is 1. The summed E-state index contributed by atoms with van der Waals surface area (Å²) in [6.45, 7) is 6.83. The molecular formula is C14H21ClN4OS. The Morgan fingerprint density at radius 1 is 1.43 bits per heavy atom. The fraction of sp³-hybridized carbons (Fsp3) is 0.643. The number of hydrogen-bond donors (Lipinski definition) is 1. The fourth-order valence-electron chi connectivity index (χ4n) is 2.06. The summed E-state index contributed by atoms with van der Waals surface area (Å²) in [6, 6.07) is 1.79. The van der Waals surface area contributed by atoms with E-state index < -0.39 is 0 Å². The van der Waals surface area contributed by atoms with Crippen LogP contribution in [0.3, 0.4) is 0 Å². The first-order valence-corrected chi connectivity index (χ1v) is 8.60. The van der Waals surface area contributed by atoms with Crippen LogP contribution in [0.4, 0.5) is 5.82 Å². The second kappa shape index (κ2) is 7.84. The zero-order valence-electron chi connectivity index (χ0n) is 12.4. The average Bonchev–Trinajstić information content (AvgIpc) is 2.96. The van der Waals surface area contributed by atoms with E-state index in [1.54, 1.807) is 6.07 Å². The first-order chi connectivity index (χ1) is 10.0. The lowest BCUT2D eigenvalue weighted by Crippen LogP contribution is -2.28. The molecule has 1 fully saturated rings. The molecule has 1 aromatic rings. The summed E-state index contributed by atoms with van der Waals surface area (Å²) >= 11 is 7.38. The number of nitrogens with one attached hydrogen (secondary N) is 1. The number of carbonyl (C=O) groups excluding carboxylic acids is 1. The number of halogens is 1. The molecule has 1 aromatic heterocycles. The lowest BCUT2D eigenvalue weighted by atomic mass is 10.2. The van der Waals surface area contributed by atoms with E-state index in [1.807, 2.05) is 0 Å². The predicted octanol–water partition coefficient (Wildman–Crippen LogP) is 2.59. The minimum Gasteiger partial charge on any atom is -0.356 e. The molecule has 0 atom stereocenters. The van der Waals surface area contributed by atoms with Crippen molar-refractivity contribution in [1.29, 1.82) is 0 Å². The first kappa shape index (κ1) is 16.4. The van der Waals surface area contributed by atoms with Crippen molar-refractivity contribution in [2.45, 2.75) is 31.8 Å². The van der Waals surface area contributed by atoms with Crippen LogP contribution in [-0.4, -0.2) is 41.3 Å². The Morgan fingerprint density at radius 2 is 2.14 bits per heavy atom. The molecule has 1 aliphatic rings. The van der Waals surface area contributed by atoms with Crippen molar-refractivity contribution in [1.82, 2.24) is 15.3 Å². The molecule has 2 rings (SSSR count). The van der Waals surface area contributed by atoms with E-state index in [4.69, 9.17) is 11.6 Å². The Bertz CT molecular complexity index is 492. The number of nitrogens with zero attached hydrogens (tertiary/aromatic N) is 3. The molecule has 0 bridgehead atoms. The number of hydrogen-bond acceptors (Lipinski definition) is 5. The van der Waals surface area contributed by atoms with Gasteiger partial charge in [0, 0.05) is 25.7 Å². The van der Waals surface area contributed by atoms with E-state index in [0.717, 1.165) is 18.9 Å². The molecule has 1 amide bonds. The molecule has 0 aromatic carbocycles. The largest absolute Gasteiger partial charge is 0.356 e. The van der Waals surface area contributed by atoms with Crippen LogP contribution >= 0.6 is 23.4 Å². The third-order valence-electron chi connectivity index (χ3n) is 3.13. The van der Waals surface area contributed by atoms with E-state index >= 15 is 0 Å². The second-order valence-electron chi connectivity index (χ2n) is 5.51. The highest BCUT2D eigenvalue weighted by Gasteiger charge is 2.16. The summed E-state index contributed by atoms with van der Waals surface area (Å²) in [6.07, 6.45) is 2.36. The number of thioether (sulfide) groups is 1. The molecule has 1 N–H and O–H groups in total. The summed E-state index contributed by atoms with van der Waals surface area (Å²) in [7, 11) is 0. The normalized spacial score (nSPS) is 14.8. The van der Waals surface area contributed by atoms with Gasteiger partial charge in [0.15, 0.2) is 5.16 Å². The van der Waals surface area contributed by atoms with Crippen LogP contribution < -0.4 is 10.2 Å². The Labute approximate surface area is 134 Å². The van der Waals surface area contributed by atoms with E-state index in [0.29, 0.717) is 28.5 Å². The van der Waals surface area contributed by atoms with Gasteiger partial charge in [-0.1, -0.05) is 37.2 Å². The molecule has 5 nitrogen and oxygen atoms in total. The average molecular weight is 329 g/mol. The van der Waals surface area contributed by atoms with E-state index in [1.165, 1.54) is 24.6 Å². The van der Waals surface area contributed by atoms with Crippen molar-refractivity contribution >= 4 is 35.1 Å². The highest BCUT2D eigenvalue weighted by molar-refractivity contribution is 7.99. The van der Waals surface area contributed by atoms with Crippen LogP contribution in [0.25, 0.3) is 0 Å². The van der Waals surface area contributed by atoms with E-state index in [2.05, 4.69) is 34.0 Å². The number of aromatic nitrogens is 2. The molecule has 0 radical (unpaired) electrons. The van der Waals surface area contributed by atoms with Crippen molar-refractivity contribution in [2.75, 3.05) is 30.3 Å². The van der Waals surface area contributed by atoms with Crippen molar-refractivity contribution in [3.8, 4) is 0 Å². The van der Waals surface area contributed by atoms with Crippen LogP contribution in [0.5, 0.6) is 0 Å². The van der Waals surface area contributed by atoms with Crippen LogP contribution in [-0.2, 0) is 4.79 Å². The van der Waals surface area contributed by atoms with Crippen molar-refractivity contribution in [3.63, 3.8) is 0 Å². The molecule has 21 heavy (non-hydrogen) atoms.